The Hall–Kier alpha value is -2.62. The van der Waals surface area contributed by atoms with E-state index in [1.807, 2.05) is 51.1 Å². The van der Waals surface area contributed by atoms with Crippen LogP contribution in [0.25, 0.3) is 0 Å². The Balaban J connectivity index is 1.74. The predicted octanol–water partition coefficient (Wildman–Crippen LogP) is 3.76. The Morgan fingerprint density at radius 1 is 1.03 bits per heavy atom. The van der Waals surface area contributed by atoms with Gasteiger partial charge in [0, 0.05) is 11.6 Å². The van der Waals surface area contributed by atoms with E-state index in [-0.39, 0.29) is 15.4 Å². The van der Waals surface area contributed by atoms with Crippen LogP contribution >= 0.6 is 11.3 Å². The number of amides is 1. The van der Waals surface area contributed by atoms with Crippen LogP contribution in [0.3, 0.4) is 0 Å². The summed E-state index contributed by atoms with van der Waals surface area (Å²) in [5.41, 5.74) is 4.31. The molecule has 1 amide bonds. The molecule has 0 bridgehead atoms. The van der Waals surface area contributed by atoms with Crippen LogP contribution in [0.15, 0.2) is 46.8 Å². The van der Waals surface area contributed by atoms with Crippen LogP contribution in [-0.4, -0.2) is 24.5 Å². The Kier molecular flexibility index (Phi) is 6.11. The number of nitrogens with one attached hydrogen (secondary N) is 2. The molecule has 1 heterocycles. The Morgan fingerprint density at radius 2 is 1.76 bits per heavy atom. The van der Waals surface area contributed by atoms with Crippen molar-refractivity contribution < 1.29 is 13.2 Å². The van der Waals surface area contributed by atoms with Gasteiger partial charge in [-0.15, -0.1) is 10.2 Å². The second-order valence-corrected chi connectivity index (χ2v) is 9.71. The maximum atomic E-state index is 12.7. The highest BCUT2D eigenvalue weighted by atomic mass is 32.2. The second kappa shape index (κ2) is 8.40. The number of anilines is 1. The molecule has 0 spiro atoms. The van der Waals surface area contributed by atoms with Gasteiger partial charge in [0.25, 0.3) is 15.9 Å². The molecular formula is C20H22N4O3S2. The molecule has 0 saturated heterocycles. The Labute approximate surface area is 174 Å². The number of aryl methyl sites for hydroxylation is 3. The molecule has 7 nitrogen and oxygen atoms in total. The van der Waals surface area contributed by atoms with Crippen molar-refractivity contribution in [3.05, 3.63) is 70.3 Å². The molecule has 9 heteroatoms. The molecule has 1 unspecified atom stereocenters. The van der Waals surface area contributed by atoms with Gasteiger partial charge in [-0.1, -0.05) is 53.3 Å². The third-order valence-electron chi connectivity index (χ3n) is 4.47. The van der Waals surface area contributed by atoms with E-state index in [1.165, 1.54) is 0 Å². The lowest BCUT2D eigenvalue weighted by molar-refractivity contribution is 0.102. The average molecular weight is 431 g/mol. The molecule has 0 aliphatic rings. The Morgan fingerprint density at radius 3 is 2.45 bits per heavy atom. The highest BCUT2D eigenvalue weighted by Gasteiger charge is 2.24. The molecule has 3 aromatic rings. The fourth-order valence-electron chi connectivity index (χ4n) is 3.02. The SMILES string of the molecule is Cc1ccc(C(C)NS(=O)(=O)c2nnc(NC(=O)c3ccccc3C)s2)c(C)c1. The van der Waals surface area contributed by atoms with Crippen LogP contribution < -0.4 is 10.0 Å². The number of carbonyl (C=O) groups is 1. The van der Waals surface area contributed by atoms with Gasteiger partial charge in [0.2, 0.25) is 9.47 Å². The van der Waals surface area contributed by atoms with Crippen LogP contribution in [0.5, 0.6) is 0 Å². The number of nitrogens with zero attached hydrogens (tertiary/aromatic N) is 2. The smallest absolute Gasteiger partial charge is 0.270 e. The molecule has 2 aromatic carbocycles. The van der Waals surface area contributed by atoms with E-state index in [9.17, 15) is 13.2 Å². The number of aromatic nitrogens is 2. The zero-order valence-electron chi connectivity index (χ0n) is 16.6. The van der Waals surface area contributed by atoms with Crippen LogP contribution in [-0.2, 0) is 10.0 Å². The molecule has 0 aliphatic heterocycles. The monoisotopic (exact) mass is 430 g/mol. The van der Waals surface area contributed by atoms with Gasteiger partial charge in [-0.05, 0) is 50.5 Å². The van der Waals surface area contributed by atoms with Crippen LogP contribution in [0.2, 0.25) is 0 Å². The first kappa shape index (κ1) is 21.1. The van der Waals surface area contributed by atoms with Gasteiger partial charge >= 0.3 is 0 Å². The second-order valence-electron chi connectivity index (χ2n) is 6.85. The van der Waals surface area contributed by atoms with E-state index in [1.54, 1.807) is 19.1 Å². The predicted molar refractivity (Wildman–Crippen MR) is 114 cm³/mol. The zero-order chi connectivity index (χ0) is 21.2. The first-order valence-electron chi connectivity index (χ1n) is 8.97. The molecule has 1 atom stereocenters. The average Bonchev–Trinajstić information content (AvgIpc) is 3.11. The van der Waals surface area contributed by atoms with E-state index in [2.05, 4.69) is 20.2 Å². The molecule has 3 rings (SSSR count). The van der Waals surface area contributed by atoms with Crippen molar-refractivity contribution in [2.75, 3.05) is 5.32 Å². The highest BCUT2D eigenvalue weighted by Crippen LogP contribution is 2.24. The summed E-state index contributed by atoms with van der Waals surface area (Å²) in [6, 6.07) is 12.5. The van der Waals surface area contributed by atoms with Crippen molar-refractivity contribution in [3.8, 4) is 0 Å². The normalized spacial score (nSPS) is 12.6. The fraction of sp³-hybridized carbons (Fsp3) is 0.250. The van der Waals surface area contributed by atoms with Crippen molar-refractivity contribution in [2.24, 2.45) is 0 Å². The summed E-state index contributed by atoms with van der Waals surface area (Å²) >= 11 is 0.808. The number of rotatable bonds is 6. The minimum Gasteiger partial charge on any atom is -0.296 e. The van der Waals surface area contributed by atoms with E-state index in [0.29, 0.717) is 5.56 Å². The van der Waals surface area contributed by atoms with Gasteiger partial charge in [-0.25, -0.2) is 13.1 Å². The number of hydrogen-bond acceptors (Lipinski definition) is 6. The van der Waals surface area contributed by atoms with Crippen molar-refractivity contribution >= 4 is 32.4 Å². The maximum absolute atomic E-state index is 12.7. The lowest BCUT2D eigenvalue weighted by Gasteiger charge is -2.16. The summed E-state index contributed by atoms with van der Waals surface area (Å²) in [5.74, 6) is -0.361. The number of benzene rings is 2. The van der Waals surface area contributed by atoms with E-state index in [0.717, 1.165) is 33.6 Å². The standard InChI is InChI=1S/C20H22N4O3S2/c1-12-9-10-16(14(3)11-12)15(4)24-29(26,27)20-23-22-19(28-20)21-18(25)17-8-6-5-7-13(17)2/h5-11,15,24H,1-4H3,(H,21,22,25). The summed E-state index contributed by atoms with van der Waals surface area (Å²) < 4.78 is 27.8. The third-order valence-corrected chi connectivity index (χ3v) is 7.22. The maximum Gasteiger partial charge on any atom is 0.270 e. The third kappa shape index (κ3) is 4.87. The molecule has 152 valence electrons. The molecule has 1 aromatic heterocycles. The first-order chi connectivity index (χ1) is 13.7. The van der Waals surface area contributed by atoms with E-state index < -0.39 is 16.1 Å². The van der Waals surface area contributed by atoms with Gasteiger partial charge in [-0.2, -0.15) is 0 Å². The summed E-state index contributed by atoms with van der Waals surface area (Å²) in [6.07, 6.45) is 0. The van der Waals surface area contributed by atoms with Crippen molar-refractivity contribution in [3.63, 3.8) is 0 Å². The lowest BCUT2D eigenvalue weighted by Crippen LogP contribution is -2.27. The van der Waals surface area contributed by atoms with E-state index >= 15 is 0 Å². The van der Waals surface area contributed by atoms with Crippen molar-refractivity contribution in [2.45, 2.75) is 38.1 Å². The molecule has 0 saturated carbocycles. The largest absolute Gasteiger partial charge is 0.296 e. The minimum absolute atomic E-state index is 0.123. The van der Waals surface area contributed by atoms with Gasteiger partial charge in [0.1, 0.15) is 0 Å². The van der Waals surface area contributed by atoms with Gasteiger partial charge < -0.3 is 0 Å². The molecule has 29 heavy (non-hydrogen) atoms. The van der Waals surface area contributed by atoms with Gasteiger partial charge in [0.05, 0.1) is 0 Å². The highest BCUT2D eigenvalue weighted by molar-refractivity contribution is 7.91. The number of carbonyl (C=O) groups excluding carboxylic acids is 1. The summed E-state index contributed by atoms with van der Waals surface area (Å²) in [4.78, 5) is 12.4. The molecular weight excluding hydrogens is 408 g/mol. The quantitative estimate of drug-likeness (QED) is 0.580. The summed E-state index contributed by atoms with van der Waals surface area (Å²) in [7, 11) is -3.88. The fourth-order valence-corrected chi connectivity index (χ4v) is 5.15. The molecule has 0 radical (unpaired) electrons. The van der Waals surface area contributed by atoms with Crippen molar-refractivity contribution in [1.29, 1.82) is 0 Å². The first-order valence-corrected chi connectivity index (χ1v) is 11.3. The number of hydrogen-bond donors (Lipinski definition) is 2. The van der Waals surface area contributed by atoms with Gasteiger partial charge in [0.15, 0.2) is 0 Å². The van der Waals surface area contributed by atoms with Crippen LogP contribution in [0.1, 0.15) is 45.6 Å². The summed E-state index contributed by atoms with van der Waals surface area (Å²) in [6.45, 7) is 7.53. The van der Waals surface area contributed by atoms with Crippen LogP contribution in [0.4, 0.5) is 5.13 Å². The summed E-state index contributed by atoms with van der Waals surface area (Å²) in [5, 5.41) is 10.3. The topological polar surface area (TPSA) is 101 Å². The number of sulfonamides is 1. The zero-order valence-corrected chi connectivity index (χ0v) is 18.2. The molecule has 0 fully saturated rings. The molecule has 0 aliphatic carbocycles. The Bertz CT molecular complexity index is 1160. The van der Waals surface area contributed by atoms with Crippen molar-refractivity contribution in [1.82, 2.24) is 14.9 Å². The van der Waals surface area contributed by atoms with Crippen LogP contribution in [0, 0.1) is 20.8 Å². The van der Waals surface area contributed by atoms with Gasteiger partial charge in [-0.3, -0.25) is 10.1 Å². The minimum atomic E-state index is -3.88. The van der Waals surface area contributed by atoms with E-state index in [4.69, 9.17) is 0 Å². The lowest BCUT2D eigenvalue weighted by atomic mass is 10.0. The molecule has 2 N–H and O–H groups in total.